The van der Waals surface area contributed by atoms with E-state index < -0.39 is 51.4 Å². The minimum absolute atomic E-state index is 0.0858. The van der Waals surface area contributed by atoms with Gasteiger partial charge in [-0.1, -0.05) is 12.1 Å². The van der Waals surface area contributed by atoms with Gasteiger partial charge in [-0.05, 0) is 49.6 Å². The number of halogens is 4. The Labute approximate surface area is 198 Å². The number of fused-ring (bicyclic) bond motifs is 3. The van der Waals surface area contributed by atoms with Gasteiger partial charge in [-0.25, -0.2) is 12.8 Å². The van der Waals surface area contributed by atoms with Gasteiger partial charge >= 0.3 is 12.1 Å². The second-order valence-electron chi connectivity index (χ2n) is 8.92. The standard InChI is InChI=1S/C24H23F4NO5S/c1-12(13-3-6-15(7-4-13)24(26,27)28)29-22-14(9-20(31)32)5-8-18(30)21(22)17-10-16(25)11-19(23(17)29)35(2,33)34/h3-4,6-7,10-12,14,18,30H,5,8-9H2,1-2H3,(H,31,32)/t12-,14+,18+/m0/s1. The monoisotopic (exact) mass is 513 g/mol. The van der Waals surface area contributed by atoms with Crippen LogP contribution in [0.1, 0.15) is 66.6 Å². The van der Waals surface area contributed by atoms with E-state index in [-0.39, 0.29) is 40.6 Å². The van der Waals surface area contributed by atoms with Crippen LogP contribution in [0.15, 0.2) is 41.3 Å². The molecule has 35 heavy (non-hydrogen) atoms. The molecule has 11 heteroatoms. The summed E-state index contributed by atoms with van der Waals surface area (Å²) in [6.45, 7) is 1.64. The molecule has 1 heterocycles. The van der Waals surface area contributed by atoms with Crippen LogP contribution in [0.2, 0.25) is 0 Å². The van der Waals surface area contributed by atoms with Gasteiger partial charge in [-0.3, -0.25) is 4.79 Å². The maximum absolute atomic E-state index is 14.6. The van der Waals surface area contributed by atoms with Crippen molar-refractivity contribution < 1.29 is 41.0 Å². The number of aromatic nitrogens is 1. The molecule has 0 fully saturated rings. The van der Waals surface area contributed by atoms with Crippen LogP contribution in [0.4, 0.5) is 17.6 Å². The van der Waals surface area contributed by atoms with E-state index in [2.05, 4.69) is 0 Å². The highest BCUT2D eigenvalue weighted by Gasteiger charge is 2.37. The Morgan fingerprint density at radius 3 is 2.34 bits per heavy atom. The Balaban J connectivity index is 2.07. The molecule has 0 saturated heterocycles. The summed E-state index contributed by atoms with van der Waals surface area (Å²) in [5.74, 6) is -2.57. The lowest BCUT2D eigenvalue weighted by molar-refractivity contribution is -0.138. The van der Waals surface area contributed by atoms with Gasteiger partial charge in [0.05, 0.1) is 34.5 Å². The fraction of sp³-hybridized carbons (Fsp3) is 0.375. The normalized spacial score (nSPS) is 19.5. The van der Waals surface area contributed by atoms with Gasteiger partial charge in [-0.15, -0.1) is 0 Å². The van der Waals surface area contributed by atoms with Crippen LogP contribution in [0.5, 0.6) is 0 Å². The maximum Gasteiger partial charge on any atom is 0.416 e. The quantitative estimate of drug-likeness (QED) is 0.458. The van der Waals surface area contributed by atoms with Crippen molar-refractivity contribution >= 4 is 26.7 Å². The van der Waals surface area contributed by atoms with E-state index in [4.69, 9.17) is 0 Å². The summed E-state index contributed by atoms with van der Waals surface area (Å²) in [5, 5.41) is 20.4. The molecule has 2 aromatic carbocycles. The number of benzene rings is 2. The molecule has 1 aromatic heterocycles. The van der Waals surface area contributed by atoms with Crippen LogP contribution in [0.25, 0.3) is 10.9 Å². The van der Waals surface area contributed by atoms with Crippen molar-refractivity contribution in [1.29, 1.82) is 0 Å². The van der Waals surface area contributed by atoms with Gasteiger partial charge in [0.15, 0.2) is 9.84 Å². The van der Waals surface area contributed by atoms with Crippen molar-refractivity contribution in [3.63, 3.8) is 0 Å². The van der Waals surface area contributed by atoms with Crippen LogP contribution < -0.4 is 0 Å². The lowest BCUT2D eigenvalue weighted by Gasteiger charge is -2.30. The number of carboxylic acids is 1. The molecule has 188 valence electrons. The number of hydrogen-bond acceptors (Lipinski definition) is 4. The summed E-state index contributed by atoms with van der Waals surface area (Å²) >= 11 is 0. The molecule has 0 spiro atoms. The Hall–Kier alpha value is -2.92. The van der Waals surface area contributed by atoms with E-state index in [0.29, 0.717) is 11.3 Å². The smallest absolute Gasteiger partial charge is 0.416 e. The van der Waals surface area contributed by atoms with E-state index in [1.54, 1.807) is 11.5 Å². The molecule has 1 aliphatic carbocycles. The van der Waals surface area contributed by atoms with Crippen LogP contribution in [-0.2, 0) is 20.8 Å². The van der Waals surface area contributed by atoms with Crippen LogP contribution in [0.3, 0.4) is 0 Å². The highest BCUT2D eigenvalue weighted by atomic mass is 32.2. The molecule has 4 rings (SSSR count). The third-order valence-corrected chi connectivity index (χ3v) is 7.65. The summed E-state index contributed by atoms with van der Waals surface area (Å²) < 4.78 is 80.6. The highest BCUT2D eigenvalue weighted by Crippen LogP contribution is 2.48. The number of carbonyl (C=O) groups is 1. The summed E-state index contributed by atoms with van der Waals surface area (Å²) in [4.78, 5) is 11.3. The van der Waals surface area contributed by atoms with Gasteiger partial charge in [-0.2, -0.15) is 13.2 Å². The predicted octanol–water partition coefficient (Wildman–Crippen LogP) is 5.20. The minimum Gasteiger partial charge on any atom is -0.481 e. The van der Waals surface area contributed by atoms with E-state index in [1.807, 2.05) is 0 Å². The fourth-order valence-electron chi connectivity index (χ4n) is 5.02. The van der Waals surface area contributed by atoms with Crippen LogP contribution in [-0.4, -0.2) is 35.4 Å². The molecule has 3 atom stereocenters. The summed E-state index contributed by atoms with van der Waals surface area (Å²) in [5.41, 5.74) is 0.230. The third kappa shape index (κ3) is 4.54. The van der Waals surface area contributed by atoms with Gasteiger partial charge < -0.3 is 14.8 Å². The first-order chi connectivity index (χ1) is 16.2. The van der Waals surface area contributed by atoms with Crippen molar-refractivity contribution in [1.82, 2.24) is 4.57 Å². The Morgan fingerprint density at radius 2 is 1.80 bits per heavy atom. The number of carboxylic acid groups (broad SMARTS) is 1. The van der Waals surface area contributed by atoms with Gasteiger partial charge in [0, 0.05) is 28.8 Å². The summed E-state index contributed by atoms with van der Waals surface area (Å²) in [6.07, 6.45) is -4.55. The first-order valence-corrected chi connectivity index (χ1v) is 12.7. The molecule has 2 N–H and O–H groups in total. The topological polar surface area (TPSA) is 96.6 Å². The third-order valence-electron chi connectivity index (χ3n) is 6.54. The molecule has 0 saturated carbocycles. The molecule has 0 unspecified atom stereocenters. The van der Waals surface area contributed by atoms with Crippen molar-refractivity contribution in [2.24, 2.45) is 0 Å². The molecule has 6 nitrogen and oxygen atoms in total. The van der Waals surface area contributed by atoms with E-state index in [0.717, 1.165) is 30.5 Å². The highest BCUT2D eigenvalue weighted by molar-refractivity contribution is 7.91. The molecular weight excluding hydrogens is 490 g/mol. The molecule has 3 aromatic rings. The van der Waals surface area contributed by atoms with E-state index in [9.17, 15) is 41.0 Å². The second kappa shape index (κ2) is 8.63. The van der Waals surface area contributed by atoms with Crippen LogP contribution in [0, 0.1) is 5.82 Å². The lowest BCUT2D eigenvalue weighted by atomic mass is 9.82. The number of aliphatic hydroxyl groups excluding tert-OH is 1. The number of aliphatic hydroxyl groups is 1. The molecule has 0 radical (unpaired) electrons. The zero-order valence-electron chi connectivity index (χ0n) is 18.8. The maximum atomic E-state index is 14.6. The number of hydrogen-bond donors (Lipinski definition) is 2. The molecule has 0 aliphatic heterocycles. The number of rotatable bonds is 5. The predicted molar refractivity (Wildman–Crippen MR) is 119 cm³/mol. The molecular formula is C24H23F4NO5S. The lowest BCUT2D eigenvalue weighted by Crippen LogP contribution is -2.22. The SMILES string of the molecule is C[C@@H](c1ccc(C(F)(F)F)cc1)n1c2c(c3cc(F)cc(S(C)(=O)=O)c31)[C@H](O)CC[C@@H]2CC(=O)O. The molecule has 0 bridgehead atoms. The summed E-state index contributed by atoms with van der Waals surface area (Å²) in [7, 11) is -3.98. The zero-order valence-corrected chi connectivity index (χ0v) is 19.6. The second-order valence-corrected chi connectivity index (χ2v) is 10.9. The van der Waals surface area contributed by atoms with Gasteiger partial charge in [0.25, 0.3) is 0 Å². The van der Waals surface area contributed by atoms with Crippen LogP contribution >= 0.6 is 0 Å². The Morgan fingerprint density at radius 1 is 1.17 bits per heavy atom. The fourth-order valence-corrected chi connectivity index (χ4v) is 5.90. The largest absolute Gasteiger partial charge is 0.481 e. The molecule has 0 amide bonds. The van der Waals surface area contributed by atoms with E-state index in [1.165, 1.54) is 12.1 Å². The Kier molecular flexibility index (Phi) is 6.21. The Bertz CT molecular complexity index is 1410. The zero-order chi connectivity index (χ0) is 25.9. The number of sulfone groups is 1. The number of aliphatic carboxylic acids is 1. The summed E-state index contributed by atoms with van der Waals surface area (Å²) in [6, 6.07) is 5.55. The van der Waals surface area contributed by atoms with Gasteiger partial charge in [0.1, 0.15) is 5.82 Å². The number of alkyl halides is 3. The van der Waals surface area contributed by atoms with Crippen molar-refractivity contribution in [3.05, 3.63) is 64.6 Å². The van der Waals surface area contributed by atoms with Crippen molar-refractivity contribution in [2.45, 2.75) is 55.3 Å². The minimum atomic E-state index is -4.54. The average Bonchev–Trinajstić information content (AvgIpc) is 3.09. The molecule has 1 aliphatic rings. The first-order valence-electron chi connectivity index (χ1n) is 10.8. The number of nitrogens with zero attached hydrogens (tertiary/aromatic N) is 1. The van der Waals surface area contributed by atoms with Crippen molar-refractivity contribution in [3.8, 4) is 0 Å². The van der Waals surface area contributed by atoms with E-state index >= 15 is 0 Å². The first kappa shape index (κ1) is 25.2. The average molecular weight is 514 g/mol. The van der Waals surface area contributed by atoms with Crippen molar-refractivity contribution in [2.75, 3.05) is 6.26 Å². The van der Waals surface area contributed by atoms with Gasteiger partial charge in [0.2, 0.25) is 0 Å².